The van der Waals surface area contributed by atoms with Crippen LogP contribution in [0.2, 0.25) is 0 Å². The van der Waals surface area contributed by atoms with Crippen molar-refractivity contribution in [1.29, 1.82) is 5.26 Å². The Morgan fingerprint density at radius 1 is 1.41 bits per heavy atom. The quantitative estimate of drug-likeness (QED) is 0.312. The van der Waals surface area contributed by atoms with E-state index in [-0.39, 0.29) is 23.6 Å². The molecule has 0 saturated heterocycles. The van der Waals surface area contributed by atoms with Gasteiger partial charge in [-0.25, -0.2) is 4.98 Å². The minimum absolute atomic E-state index is 0.110. The second-order valence-electron chi connectivity index (χ2n) is 6.31. The van der Waals surface area contributed by atoms with Crippen LogP contribution in [-0.2, 0) is 11.3 Å². The fraction of sp³-hybridized carbons (Fsp3) is 0.238. The van der Waals surface area contributed by atoms with E-state index in [2.05, 4.69) is 11.6 Å². The lowest BCUT2D eigenvalue weighted by molar-refractivity contribution is -0.127. The van der Waals surface area contributed by atoms with Gasteiger partial charge in [0, 0.05) is 25.0 Å². The maximum atomic E-state index is 13.0. The van der Waals surface area contributed by atoms with Crippen LogP contribution in [0.3, 0.4) is 0 Å². The molecule has 0 N–H and O–H groups in total. The highest BCUT2D eigenvalue weighted by Crippen LogP contribution is 2.32. The molecule has 148 valence electrons. The second-order valence-corrected chi connectivity index (χ2v) is 8.28. The summed E-state index contributed by atoms with van der Waals surface area (Å²) in [6, 6.07) is 13.8. The fourth-order valence-electron chi connectivity index (χ4n) is 2.72. The molecule has 6 nitrogen and oxygen atoms in total. The molecule has 0 spiro atoms. The standard InChI is InChI=1S/C21H20N4O2S2/c1-3-11-25-20(27)16-13-17(15-8-5-4-6-9-15)29-19(16)23-21(25)28-14-18(26)24(2)12-7-10-22/h3-6,8-9,13H,1,7,11-12,14H2,2H3. The fourth-order valence-corrected chi connectivity index (χ4v) is 4.75. The summed E-state index contributed by atoms with van der Waals surface area (Å²) >= 11 is 2.69. The molecule has 0 atom stereocenters. The largest absolute Gasteiger partial charge is 0.344 e. The molecule has 0 aliphatic carbocycles. The first-order valence-electron chi connectivity index (χ1n) is 8.99. The molecule has 3 aromatic rings. The molecule has 0 aliphatic heterocycles. The smallest absolute Gasteiger partial charge is 0.263 e. The van der Waals surface area contributed by atoms with Crippen molar-refractivity contribution in [3.63, 3.8) is 0 Å². The highest BCUT2D eigenvalue weighted by Gasteiger charge is 2.17. The van der Waals surface area contributed by atoms with Gasteiger partial charge in [-0.15, -0.1) is 17.9 Å². The van der Waals surface area contributed by atoms with E-state index in [9.17, 15) is 9.59 Å². The minimum Gasteiger partial charge on any atom is -0.344 e. The minimum atomic E-state index is -0.138. The number of thiophene rings is 1. The van der Waals surface area contributed by atoms with E-state index in [1.54, 1.807) is 17.7 Å². The molecule has 29 heavy (non-hydrogen) atoms. The third-order valence-electron chi connectivity index (χ3n) is 4.30. The number of thioether (sulfide) groups is 1. The molecule has 1 amide bonds. The summed E-state index contributed by atoms with van der Waals surface area (Å²) in [5, 5.41) is 9.72. The number of hydrogen-bond acceptors (Lipinski definition) is 6. The van der Waals surface area contributed by atoms with Gasteiger partial charge in [0.25, 0.3) is 5.56 Å². The molecule has 0 radical (unpaired) electrons. The van der Waals surface area contributed by atoms with Gasteiger partial charge in [0.15, 0.2) is 5.16 Å². The van der Waals surface area contributed by atoms with Crippen LogP contribution >= 0.6 is 23.1 Å². The van der Waals surface area contributed by atoms with E-state index in [1.165, 1.54) is 28.0 Å². The molecule has 0 unspecified atom stereocenters. The van der Waals surface area contributed by atoms with E-state index < -0.39 is 0 Å². The lowest BCUT2D eigenvalue weighted by atomic mass is 10.2. The number of carbonyl (C=O) groups is 1. The van der Waals surface area contributed by atoms with Gasteiger partial charge in [-0.3, -0.25) is 14.2 Å². The Bertz CT molecular complexity index is 1130. The lowest BCUT2D eigenvalue weighted by Crippen LogP contribution is -2.29. The van der Waals surface area contributed by atoms with Crippen molar-refractivity contribution in [3.05, 3.63) is 59.4 Å². The third kappa shape index (κ3) is 4.75. The molecule has 0 bridgehead atoms. The van der Waals surface area contributed by atoms with Crippen LogP contribution in [0.4, 0.5) is 0 Å². The van der Waals surface area contributed by atoms with E-state index in [1.807, 2.05) is 42.5 Å². The van der Waals surface area contributed by atoms with Crippen LogP contribution in [0.5, 0.6) is 0 Å². The number of hydrogen-bond donors (Lipinski definition) is 0. The molecule has 2 heterocycles. The molecule has 8 heteroatoms. The molecule has 0 aliphatic rings. The summed E-state index contributed by atoms with van der Waals surface area (Å²) in [5.74, 6) is 0.0365. The van der Waals surface area contributed by atoms with Crippen LogP contribution in [-0.4, -0.2) is 39.7 Å². The number of fused-ring (bicyclic) bond motifs is 1. The number of allylic oxidation sites excluding steroid dienone is 1. The maximum Gasteiger partial charge on any atom is 0.263 e. The van der Waals surface area contributed by atoms with Gasteiger partial charge in [-0.05, 0) is 11.6 Å². The summed E-state index contributed by atoms with van der Waals surface area (Å²) in [6.45, 7) is 4.43. The number of carbonyl (C=O) groups excluding carboxylic acids is 1. The Morgan fingerprint density at radius 2 is 2.17 bits per heavy atom. The van der Waals surface area contributed by atoms with Gasteiger partial charge >= 0.3 is 0 Å². The van der Waals surface area contributed by atoms with Crippen molar-refractivity contribution in [2.45, 2.75) is 18.1 Å². The average molecular weight is 425 g/mol. The summed E-state index contributed by atoms with van der Waals surface area (Å²) < 4.78 is 1.55. The molecule has 1 aromatic carbocycles. The normalized spacial score (nSPS) is 10.6. The first-order chi connectivity index (χ1) is 14.0. The average Bonchev–Trinajstić information content (AvgIpc) is 3.17. The van der Waals surface area contributed by atoms with Crippen LogP contribution < -0.4 is 5.56 Å². The van der Waals surface area contributed by atoms with Crippen molar-refractivity contribution >= 4 is 39.2 Å². The van der Waals surface area contributed by atoms with Crippen molar-refractivity contribution in [3.8, 4) is 16.5 Å². The summed E-state index contributed by atoms with van der Waals surface area (Å²) in [7, 11) is 1.67. The SMILES string of the molecule is C=CCn1c(SCC(=O)N(C)CCC#N)nc2sc(-c3ccccc3)cc2c1=O. The van der Waals surface area contributed by atoms with Gasteiger partial charge in [-0.2, -0.15) is 5.26 Å². The van der Waals surface area contributed by atoms with Crippen LogP contribution in [0, 0.1) is 11.3 Å². The van der Waals surface area contributed by atoms with Crippen LogP contribution in [0.15, 0.2) is 59.0 Å². The van der Waals surface area contributed by atoms with Crippen molar-refractivity contribution in [2.24, 2.45) is 0 Å². The van der Waals surface area contributed by atoms with Crippen molar-refractivity contribution in [2.75, 3.05) is 19.3 Å². The van der Waals surface area contributed by atoms with Gasteiger partial charge < -0.3 is 4.90 Å². The summed E-state index contributed by atoms with van der Waals surface area (Å²) in [6.07, 6.45) is 1.93. The third-order valence-corrected chi connectivity index (χ3v) is 6.33. The Kier molecular flexibility index (Phi) is 6.86. The van der Waals surface area contributed by atoms with E-state index in [0.717, 1.165) is 10.4 Å². The predicted molar refractivity (Wildman–Crippen MR) is 118 cm³/mol. The zero-order valence-corrected chi connectivity index (χ0v) is 17.6. The molecule has 0 saturated carbocycles. The number of nitriles is 1. The predicted octanol–water partition coefficient (Wildman–Crippen LogP) is 3.78. The Morgan fingerprint density at radius 3 is 2.86 bits per heavy atom. The molecule has 2 aromatic heterocycles. The van der Waals surface area contributed by atoms with E-state index in [4.69, 9.17) is 5.26 Å². The number of nitrogens with zero attached hydrogens (tertiary/aromatic N) is 4. The van der Waals surface area contributed by atoms with Crippen molar-refractivity contribution < 1.29 is 4.79 Å². The van der Waals surface area contributed by atoms with E-state index in [0.29, 0.717) is 28.5 Å². The molecule has 3 rings (SSSR count). The Balaban J connectivity index is 1.93. The zero-order chi connectivity index (χ0) is 20.8. The van der Waals surface area contributed by atoms with Gasteiger partial charge in [0.1, 0.15) is 4.83 Å². The topological polar surface area (TPSA) is 79.0 Å². The molecular weight excluding hydrogens is 404 g/mol. The first kappa shape index (κ1) is 20.8. The maximum absolute atomic E-state index is 13.0. The summed E-state index contributed by atoms with van der Waals surface area (Å²) in [4.78, 5) is 33.1. The van der Waals surface area contributed by atoms with Gasteiger partial charge in [0.05, 0.1) is 23.6 Å². The zero-order valence-electron chi connectivity index (χ0n) is 16.0. The highest BCUT2D eigenvalue weighted by molar-refractivity contribution is 7.99. The molecule has 0 fully saturated rings. The van der Waals surface area contributed by atoms with Crippen LogP contribution in [0.25, 0.3) is 20.7 Å². The number of benzene rings is 1. The summed E-state index contributed by atoms with van der Waals surface area (Å²) in [5.41, 5.74) is 0.898. The van der Waals surface area contributed by atoms with Gasteiger partial charge in [-0.1, -0.05) is 48.2 Å². The molecular formula is C21H20N4O2S2. The number of rotatable bonds is 8. The number of aromatic nitrogens is 2. The second kappa shape index (κ2) is 9.54. The monoisotopic (exact) mass is 424 g/mol. The van der Waals surface area contributed by atoms with Gasteiger partial charge in [0.2, 0.25) is 5.91 Å². The first-order valence-corrected chi connectivity index (χ1v) is 10.8. The van der Waals surface area contributed by atoms with Crippen molar-refractivity contribution in [1.82, 2.24) is 14.5 Å². The highest BCUT2D eigenvalue weighted by atomic mass is 32.2. The van der Waals surface area contributed by atoms with Crippen LogP contribution in [0.1, 0.15) is 6.42 Å². The number of amides is 1. The lowest BCUT2D eigenvalue weighted by Gasteiger charge is -2.15. The Labute approximate surface area is 177 Å². The Hall–Kier alpha value is -2.89. The van der Waals surface area contributed by atoms with E-state index >= 15 is 0 Å².